The minimum Gasteiger partial charge on any atom is -0.504 e. The molecule has 0 saturated heterocycles. The predicted octanol–water partition coefficient (Wildman–Crippen LogP) is 3.59. The van der Waals surface area contributed by atoms with Crippen molar-refractivity contribution in [2.45, 2.75) is 13.5 Å². The summed E-state index contributed by atoms with van der Waals surface area (Å²) in [5.74, 6) is 0.358. The van der Waals surface area contributed by atoms with Crippen molar-refractivity contribution >= 4 is 27.3 Å². The third-order valence-electron chi connectivity index (χ3n) is 4.99. The summed E-state index contributed by atoms with van der Waals surface area (Å²) in [6, 6.07) is 12.0. The van der Waals surface area contributed by atoms with Crippen molar-refractivity contribution < 1.29 is 14.6 Å². The van der Waals surface area contributed by atoms with Gasteiger partial charge in [0.1, 0.15) is 6.61 Å². The normalized spacial score (nSPS) is 15.1. The molecule has 6 heteroatoms. The van der Waals surface area contributed by atoms with E-state index in [4.69, 9.17) is 10.5 Å². The van der Waals surface area contributed by atoms with Crippen LogP contribution in [0.5, 0.6) is 11.5 Å². The topological polar surface area (TPSA) is 75.8 Å². The number of aromatic hydroxyl groups is 1. The number of rotatable bonds is 3. The molecule has 3 aromatic rings. The maximum Gasteiger partial charge on any atom is 0.227 e. The molecule has 0 unspecified atom stereocenters. The number of phenolic OH excluding ortho intramolecular Hbond substituents is 1. The van der Waals surface area contributed by atoms with Gasteiger partial charge in [-0.2, -0.15) is 0 Å². The van der Waals surface area contributed by atoms with Gasteiger partial charge in [-0.25, -0.2) is 0 Å². The van der Waals surface area contributed by atoms with E-state index in [1.807, 2.05) is 25.1 Å². The predicted molar refractivity (Wildman–Crippen MR) is 108 cm³/mol. The second-order valence-corrected chi connectivity index (χ2v) is 7.79. The molecule has 27 heavy (non-hydrogen) atoms. The van der Waals surface area contributed by atoms with Crippen LogP contribution in [0.2, 0.25) is 0 Å². The van der Waals surface area contributed by atoms with Crippen molar-refractivity contribution in [3.8, 4) is 22.6 Å². The largest absolute Gasteiger partial charge is 0.504 e. The molecule has 1 atom stereocenters. The summed E-state index contributed by atoms with van der Waals surface area (Å²) in [5, 5.41) is 13.8. The molecule has 5 nitrogen and oxygen atoms in total. The lowest BCUT2D eigenvalue weighted by molar-refractivity contribution is -0.135. The SMILES string of the molecule is C[C@@H](CN)C(=O)N1CCOc2c(O)cc(-c3csc4ccccc34)cc2C1. The summed E-state index contributed by atoms with van der Waals surface area (Å²) in [7, 11) is 0. The maximum absolute atomic E-state index is 12.6. The van der Waals surface area contributed by atoms with Crippen molar-refractivity contribution in [1.82, 2.24) is 4.90 Å². The average Bonchev–Trinajstić information content (AvgIpc) is 2.99. The number of hydrogen-bond donors (Lipinski definition) is 2. The Morgan fingerprint density at radius 2 is 2.19 bits per heavy atom. The molecule has 0 radical (unpaired) electrons. The molecule has 3 N–H and O–H groups in total. The molecule has 2 heterocycles. The summed E-state index contributed by atoms with van der Waals surface area (Å²) in [4.78, 5) is 14.4. The summed E-state index contributed by atoms with van der Waals surface area (Å²) in [5.41, 5.74) is 8.48. The Bertz CT molecular complexity index is 998. The molecule has 0 spiro atoms. The third-order valence-corrected chi connectivity index (χ3v) is 5.96. The van der Waals surface area contributed by atoms with Crippen molar-refractivity contribution in [2.24, 2.45) is 11.7 Å². The van der Waals surface area contributed by atoms with Crippen LogP contribution in [0.1, 0.15) is 12.5 Å². The lowest BCUT2D eigenvalue weighted by atomic mass is 10.0. The smallest absolute Gasteiger partial charge is 0.227 e. The molecular weight excluding hydrogens is 360 g/mol. The summed E-state index contributed by atoms with van der Waals surface area (Å²) >= 11 is 1.68. The highest BCUT2D eigenvalue weighted by molar-refractivity contribution is 7.17. The summed E-state index contributed by atoms with van der Waals surface area (Å²) in [6.07, 6.45) is 0. The van der Waals surface area contributed by atoms with E-state index in [0.29, 0.717) is 32.0 Å². The Hall–Kier alpha value is -2.57. The molecule has 1 aliphatic heterocycles. The van der Waals surface area contributed by atoms with Gasteiger partial charge >= 0.3 is 0 Å². The number of carbonyl (C=O) groups is 1. The van der Waals surface area contributed by atoms with Crippen LogP contribution in [0, 0.1) is 5.92 Å². The minimum atomic E-state index is -0.232. The third kappa shape index (κ3) is 3.26. The maximum atomic E-state index is 12.6. The van der Waals surface area contributed by atoms with E-state index in [2.05, 4.69) is 17.5 Å². The molecule has 140 valence electrons. The van der Waals surface area contributed by atoms with Crippen molar-refractivity contribution in [1.29, 1.82) is 0 Å². The van der Waals surface area contributed by atoms with Gasteiger partial charge in [0, 0.05) is 40.2 Å². The summed E-state index contributed by atoms with van der Waals surface area (Å²) in [6.45, 7) is 3.38. The first-order valence-electron chi connectivity index (χ1n) is 9.02. The number of benzene rings is 2. The van der Waals surface area contributed by atoms with Crippen LogP contribution in [0.3, 0.4) is 0 Å². The minimum absolute atomic E-state index is 0.0137. The zero-order chi connectivity index (χ0) is 19.0. The zero-order valence-electron chi connectivity index (χ0n) is 15.1. The number of nitrogens with zero attached hydrogens (tertiary/aromatic N) is 1. The Morgan fingerprint density at radius 3 is 3.00 bits per heavy atom. The Kier molecular flexibility index (Phi) is 4.76. The second kappa shape index (κ2) is 7.21. The number of hydrogen-bond acceptors (Lipinski definition) is 5. The first kappa shape index (κ1) is 17.8. The van der Waals surface area contributed by atoms with E-state index in [-0.39, 0.29) is 17.6 Å². The molecule has 0 bridgehead atoms. The molecule has 0 saturated carbocycles. The zero-order valence-corrected chi connectivity index (χ0v) is 16.0. The number of thiophene rings is 1. The van der Waals surface area contributed by atoms with Crippen LogP contribution < -0.4 is 10.5 Å². The van der Waals surface area contributed by atoms with Gasteiger partial charge in [0.05, 0.1) is 6.54 Å². The van der Waals surface area contributed by atoms with E-state index in [0.717, 1.165) is 22.1 Å². The number of amides is 1. The summed E-state index contributed by atoms with van der Waals surface area (Å²) < 4.78 is 6.96. The average molecular weight is 382 g/mol. The standard InChI is InChI=1S/C21H22N2O3S/c1-13(10-22)21(25)23-6-7-26-20-15(11-23)8-14(9-18(20)24)17-12-27-19-5-3-2-4-16(17)19/h2-5,8-9,12-13,24H,6-7,10-11,22H2,1H3/t13-/m0/s1. The van der Waals surface area contributed by atoms with Crippen LogP contribution in [0.4, 0.5) is 0 Å². The van der Waals surface area contributed by atoms with Gasteiger partial charge in [0.25, 0.3) is 0 Å². The fourth-order valence-corrected chi connectivity index (χ4v) is 4.43. The lowest BCUT2D eigenvalue weighted by Gasteiger charge is -2.23. The molecule has 0 aliphatic carbocycles. The Labute approximate surface area is 162 Å². The van der Waals surface area contributed by atoms with Gasteiger partial charge in [-0.1, -0.05) is 25.1 Å². The van der Waals surface area contributed by atoms with Gasteiger partial charge in [-0.15, -0.1) is 11.3 Å². The van der Waals surface area contributed by atoms with Gasteiger partial charge in [0.15, 0.2) is 11.5 Å². The first-order chi connectivity index (χ1) is 13.1. The molecule has 1 amide bonds. The highest BCUT2D eigenvalue weighted by Gasteiger charge is 2.25. The van der Waals surface area contributed by atoms with Gasteiger partial charge in [-0.05, 0) is 29.1 Å². The molecule has 1 aromatic heterocycles. The molecular formula is C21H22N2O3S. The number of phenols is 1. The fraction of sp³-hybridized carbons (Fsp3) is 0.286. The lowest BCUT2D eigenvalue weighted by Crippen LogP contribution is -2.38. The fourth-order valence-electron chi connectivity index (χ4n) is 3.46. The van der Waals surface area contributed by atoms with E-state index in [9.17, 15) is 9.90 Å². The second-order valence-electron chi connectivity index (χ2n) is 6.87. The quantitative estimate of drug-likeness (QED) is 0.726. The van der Waals surface area contributed by atoms with Gasteiger partial charge < -0.3 is 20.5 Å². The number of ether oxygens (including phenoxy) is 1. The van der Waals surface area contributed by atoms with Crippen molar-refractivity contribution in [3.63, 3.8) is 0 Å². The number of nitrogens with two attached hydrogens (primary N) is 1. The Balaban J connectivity index is 1.75. The van der Waals surface area contributed by atoms with Crippen LogP contribution in [-0.4, -0.2) is 35.6 Å². The number of fused-ring (bicyclic) bond motifs is 2. The Morgan fingerprint density at radius 1 is 1.37 bits per heavy atom. The van der Waals surface area contributed by atoms with Crippen LogP contribution in [0.15, 0.2) is 41.8 Å². The highest BCUT2D eigenvalue weighted by Crippen LogP contribution is 2.41. The van der Waals surface area contributed by atoms with Crippen LogP contribution in [0.25, 0.3) is 21.2 Å². The first-order valence-corrected chi connectivity index (χ1v) is 9.90. The molecule has 0 fully saturated rings. The van der Waals surface area contributed by atoms with Crippen LogP contribution in [-0.2, 0) is 11.3 Å². The monoisotopic (exact) mass is 382 g/mol. The van der Waals surface area contributed by atoms with E-state index >= 15 is 0 Å². The van der Waals surface area contributed by atoms with E-state index in [1.165, 1.54) is 4.70 Å². The van der Waals surface area contributed by atoms with E-state index < -0.39 is 0 Å². The molecule has 2 aromatic carbocycles. The van der Waals surface area contributed by atoms with Gasteiger partial charge in [0.2, 0.25) is 5.91 Å². The highest BCUT2D eigenvalue weighted by atomic mass is 32.1. The van der Waals surface area contributed by atoms with Gasteiger partial charge in [-0.3, -0.25) is 4.79 Å². The van der Waals surface area contributed by atoms with Crippen LogP contribution >= 0.6 is 11.3 Å². The molecule has 1 aliphatic rings. The molecule has 4 rings (SSSR count). The van der Waals surface area contributed by atoms with E-state index in [1.54, 1.807) is 22.3 Å². The van der Waals surface area contributed by atoms with Crippen molar-refractivity contribution in [2.75, 3.05) is 19.7 Å². The van der Waals surface area contributed by atoms with Crippen molar-refractivity contribution in [3.05, 3.63) is 47.3 Å². The number of carbonyl (C=O) groups excluding carboxylic acids is 1.